The Kier molecular flexibility index (Phi) is 3.42. The van der Waals surface area contributed by atoms with Crippen LogP contribution < -0.4 is 0 Å². The zero-order valence-electron chi connectivity index (χ0n) is 6.26. The Bertz CT molecular complexity index is 154. The van der Waals surface area contributed by atoms with Crippen LogP contribution in [0.1, 0.15) is 27.7 Å². The van der Waals surface area contributed by atoms with Crippen LogP contribution in [0.3, 0.4) is 0 Å². The summed E-state index contributed by atoms with van der Waals surface area (Å²) in [5.74, 6) is 0.530. The number of thiol groups is 1. The van der Waals surface area contributed by atoms with Gasteiger partial charge in [-0.1, -0.05) is 21.3 Å². The number of carbonyl (C=O) groups is 1. The van der Waals surface area contributed by atoms with Crippen molar-refractivity contribution in [1.82, 2.24) is 0 Å². The molecule has 0 bridgehead atoms. The summed E-state index contributed by atoms with van der Waals surface area (Å²) in [6.07, 6.45) is 0.529. The molecule has 0 spiro atoms. The monoisotopic (exact) mass is 176 g/mol. The van der Waals surface area contributed by atoms with E-state index in [1.54, 1.807) is 0 Å². The van der Waals surface area contributed by atoms with Crippen LogP contribution >= 0.6 is 12.6 Å². The molecule has 0 aromatic heterocycles. The van der Waals surface area contributed by atoms with E-state index in [1.165, 1.54) is 0 Å². The molecule has 1 unspecified atom stereocenters. The molecule has 2 nitrogen and oxygen atoms in total. The predicted octanol–water partition coefficient (Wildman–Crippen LogP) is 1.89. The zero-order valence-corrected chi connectivity index (χ0v) is 7.15. The maximum atomic E-state index is 10.8. The Morgan fingerprint density at radius 2 is 2.27 bits per heavy atom. The van der Waals surface area contributed by atoms with Gasteiger partial charge in [0.05, 0.1) is 6.42 Å². The number of esters is 1. The smallest absolute Gasteiger partial charge is 0.306 e. The molecule has 3 heteroatoms. The molecule has 0 saturated carbocycles. The van der Waals surface area contributed by atoms with E-state index in [0.717, 1.165) is 0 Å². The van der Waals surface area contributed by atoms with Crippen LogP contribution in [0.15, 0.2) is 0 Å². The maximum Gasteiger partial charge on any atom is 0.306 e. The van der Waals surface area contributed by atoms with Crippen molar-refractivity contribution in [3.63, 3.8) is 0 Å². The molecule has 0 aliphatic carbocycles. The van der Waals surface area contributed by atoms with Crippen LogP contribution in [0, 0.1) is 5.41 Å². The first-order valence-corrected chi connectivity index (χ1v) is 4.00. The molecule has 1 rings (SSSR count). The Balaban J connectivity index is 0.000001000. The van der Waals surface area contributed by atoms with Crippen LogP contribution in [-0.4, -0.2) is 17.8 Å². The first kappa shape index (κ1) is 10.8. The summed E-state index contributed by atoms with van der Waals surface area (Å²) in [6.45, 7) is 4.05. The molecule has 1 aliphatic heterocycles. The Morgan fingerprint density at radius 1 is 1.73 bits per heavy atom. The molecule has 0 radical (unpaired) electrons. The highest BCUT2D eigenvalue weighted by Gasteiger charge is 2.40. The molecule has 1 atom stereocenters. The van der Waals surface area contributed by atoms with Gasteiger partial charge in [-0.15, -0.1) is 0 Å². The van der Waals surface area contributed by atoms with Crippen molar-refractivity contribution in [2.24, 2.45) is 5.41 Å². The fourth-order valence-electron chi connectivity index (χ4n) is 1.13. The summed E-state index contributed by atoms with van der Waals surface area (Å²) in [4.78, 5) is 10.8. The van der Waals surface area contributed by atoms with Gasteiger partial charge in [0.25, 0.3) is 0 Å². The normalized spacial score (nSPS) is 27.5. The molecule has 0 aromatic carbocycles. The van der Waals surface area contributed by atoms with E-state index in [9.17, 15) is 4.79 Å². The molecular weight excluding hydrogens is 160 g/mol. The summed E-state index contributed by atoms with van der Waals surface area (Å²) in [5.41, 5.74) is -0.0150. The minimum absolute atomic E-state index is 0. The van der Waals surface area contributed by atoms with Crippen molar-refractivity contribution in [2.75, 3.05) is 5.75 Å². The standard InChI is InChI=1S/C7H12O2S.CH4/c1-7(2)3-6(8)9-5(7)4-10;/h5,10H,3-4H2,1-2H3;1H4. The van der Waals surface area contributed by atoms with E-state index >= 15 is 0 Å². The second kappa shape index (κ2) is 3.48. The number of hydrogen-bond donors (Lipinski definition) is 1. The van der Waals surface area contributed by atoms with E-state index in [0.29, 0.717) is 12.2 Å². The van der Waals surface area contributed by atoms with Crippen molar-refractivity contribution in [3.8, 4) is 0 Å². The van der Waals surface area contributed by atoms with Gasteiger partial charge in [-0.3, -0.25) is 4.79 Å². The van der Waals surface area contributed by atoms with E-state index in [2.05, 4.69) is 12.6 Å². The molecule has 11 heavy (non-hydrogen) atoms. The average molecular weight is 176 g/mol. The number of cyclic esters (lactones) is 1. The van der Waals surface area contributed by atoms with Gasteiger partial charge in [0.15, 0.2) is 0 Å². The summed E-state index contributed by atoms with van der Waals surface area (Å²) in [7, 11) is 0. The topological polar surface area (TPSA) is 26.3 Å². The lowest BCUT2D eigenvalue weighted by Crippen LogP contribution is -2.25. The van der Waals surface area contributed by atoms with Gasteiger partial charge < -0.3 is 4.74 Å². The summed E-state index contributed by atoms with van der Waals surface area (Å²) < 4.78 is 5.01. The largest absolute Gasteiger partial charge is 0.461 e. The Labute approximate surface area is 73.7 Å². The summed E-state index contributed by atoms with van der Waals surface area (Å²) in [5, 5.41) is 0. The van der Waals surface area contributed by atoms with E-state index in [4.69, 9.17) is 4.74 Å². The Hall–Kier alpha value is -0.180. The van der Waals surface area contributed by atoms with Gasteiger partial charge in [-0.25, -0.2) is 0 Å². The minimum Gasteiger partial charge on any atom is -0.461 e. The van der Waals surface area contributed by atoms with Crippen molar-refractivity contribution in [1.29, 1.82) is 0 Å². The van der Waals surface area contributed by atoms with Gasteiger partial charge in [-0.05, 0) is 0 Å². The van der Waals surface area contributed by atoms with E-state index in [-0.39, 0.29) is 24.9 Å². The van der Waals surface area contributed by atoms with Crippen LogP contribution in [0.2, 0.25) is 0 Å². The highest BCUT2D eigenvalue weighted by molar-refractivity contribution is 7.80. The quantitative estimate of drug-likeness (QED) is 0.488. The predicted molar refractivity (Wildman–Crippen MR) is 48.9 cm³/mol. The van der Waals surface area contributed by atoms with Crippen molar-refractivity contribution >= 4 is 18.6 Å². The van der Waals surface area contributed by atoms with Gasteiger partial charge in [0.2, 0.25) is 0 Å². The molecule has 0 aromatic rings. The molecule has 66 valence electrons. The molecule has 1 heterocycles. The lowest BCUT2D eigenvalue weighted by Gasteiger charge is -2.21. The molecule has 1 fully saturated rings. The van der Waals surface area contributed by atoms with Gasteiger partial charge >= 0.3 is 5.97 Å². The van der Waals surface area contributed by atoms with Crippen LogP contribution in [0.5, 0.6) is 0 Å². The van der Waals surface area contributed by atoms with E-state index in [1.807, 2.05) is 13.8 Å². The zero-order chi connectivity index (χ0) is 7.78. The average Bonchev–Trinajstić information content (AvgIpc) is 2.04. The van der Waals surface area contributed by atoms with Gasteiger partial charge in [0.1, 0.15) is 6.10 Å². The van der Waals surface area contributed by atoms with Crippen LogP contribution in [-0.2, 0) is 9.53 Å². The summed E-state index contributed by atoms with van der Waals surface area (Å²) >= 11 is 4.09. The lowest BCUT2D eigenvalue weighted by molar-refractivity contribution is -0.140. The number of ether oxygens (including phenoxy) is 1. The molecule has 1 aliphatic rings. The van der Waals surface area contributed by atoms with Crippen LogP contribution in [0.4, 0.5) is 0 Å². The maximum absolute atomic E-state index is 10.8. The third kappa shape index (κ3) is 2.12. The number of rotatable bonds is 1. The van der Waals surface area contributed by atoms with Crippen LogP contribution in [0.25, 0.3) is 0 Å². The molecule has 0 amide bonds. The highest BCUT2D eigenvalue weighted by atomic mass is 32.1. The number of carbonyl (C=O) groups excluding carboxylic acids is 1. The number of hydrogen-bond acceptors (Lipinski definition) is 3. The minimum atomic E-state index is -0.0935. The SMILES string of the molecule is C.CC1(C)CC(=O)OC1CS. The lowest BCUT2D eigenvalue weighted by atomic mass is 9.86. The fourth-order valence-corrected chi connectivity index (χ4v) is 1.70. The van der Waals surface area contributed by atoms with Gasteiger partial charge in [0, 0.05) is 11.2 Å². The van der Waals surface area contributed by atoms with Crippen molar-refractivity contribution < 1.29 is 9.53 Å². The molecular formula is C8H16O2S. The Morgan fingerprint density at radius 3 is 2.45 bits per heavy atom. The van der Waals surface area contributed by atoms with Crippen molar-refractivity contribution in [3.05, 3.63) is 0 Å². The third-order valence-electron chi connectivity index (χ3n) is 1.91. The van der Waals surface area contributed by atoms with E-state index < -0.39 is 0 Å². The highest BCUT2D eigenvalue weighted by Crippen LogP contribution is 2.34. The molecule has 1 saturated heterocycles. The third-order valence-corrected chi connectivity index (χ3v) is 2.24. The second-order valence-electron chi connectivity index (χ2n) is 3.33. The second-order valence-corrected chi connectivity index (χ2v) is 3.69. The summed E-state index contributed by atoms with van der Waals surface area (Å²) in [6, 6.07) is 0. The van der Waals surface area contributed by atoms with Crippen molar-refractivity contribution in [2.45, 2.75) is 33.8 Å². The van der Waals surface area contributed by atoms with Gasteiger partial charge in [-0.2, -0.15) is 12.6 Å². The first-order valence-electron chi connectivity index (χ1n) is 3.36. The molecule has 0 N–H and O–H groups in total. The fraction of sp³-hybridized carbons (Fsp3) is 0.875. The first-order chi connectivity index (χ1) is 4.56.